The third-order valence-electron chi connectivity index (χ3n) is 6.02. The predicted molar refractivity (Wildman–Crippen MR) is 88.9 cm³/mol. The van der Waals surface area contributed by atoms with Gasteiger partial charge < -0.3 is 5.32 Å². The van der Waals surface area contributed by atoms with Gasteiger partial charge in [0.15, 0.2) is 0 Å². The van der Waals surface area contributed by atoms with Crippen LogP contribution in [-0.4, -0.2) is 12.6 Å². The molecule has 0 aromatic carbocycles. The second kappa shape index (κ2) is 7.82. The van der Waals surface area contributed by atoms with Crippen molar-refractivity contribution in [2.24, 2.45) is 29.6 Å². The van der Waals surface area contributed by atoms with E-state index in [0.717, 1.165) is 35.6 Å². The van der Waals surface area contributed by atoms with Gasteiger partial charge in [-0.2, -0.15) is 0 Å². The van der Waals surface area contributed by atoms with Crippen LogP contribution in [0.25, 0.3) is 0 Å². The monoisotopic (exact) mass is 279 g/mol. The van der Waals surface area contributed by atoms with Crippen molar-refractivity contribution in [3.8, 4) is 0 Å². The topological polar surface area (TPSA) is 12.0 Å². The van der Waals surface area contributed by atoms with Crippen molar-refractivity contribution in [1.82, 2.24) is 5.32 Å². The van der Waals surface area contributed by atoms with Gasteiger partial charge in [-0.25, -0.2) is 0 Å². The van der Waals surface area contributed by atoms with Crippen molar-refractivity contribution in [1.29, 1.82) is 0 Å². The summed E-state index contributed by atoms with van der Waals surface area (Å²) in [5, 5.41) is 3.97. The number of rotatable bonds is 6. The minimum atomic E-state index is 0.816. The lowest BCUT2D eigenvalue weighted by Gasteiger charge is -2.40. The second-order valence-electron chi connectivity index (χ2n) is 8.00. The highest BCUT2D eigenvalue weighted by Crippen LogP contribution is 2.42. The molecule has 5 unspecified atom stereocenters. The third kappa shape index (κ3) is 4.23. The Labute approximate surface area is 127 Å². The highest BCUT2D eigenvalue weighted by molar-refractivity contribution is 4.91. The molecule has 2 rings (SSSR count). The molecule has 1 N–H and O–H groups in total. The Morgan fingerprint density at radius 2 is 1.60 bits per heavy atom. The van der Waals surface area contributed by atoms with Crippen LogP contribution in [0.15, 0.2) is 0 Å². The number of nitrogens with one attached hydrogen (secondary N) is 1. The van der Waals surface area contributed by atoms with Crippen LogP contribution in [0, 0.1) is 29.6 Å². The molecule has 118 valence electrons. The van der Waals surface area contributed by atoms with Gasteiger partial charge in [-0.3, -0.25) is 0 Å². The molecule has 5 atom stereocenters. The Hall–Kier alpha value is -0.0400. The number of hydrogen-bond acceptors (Lipinski definition) is 1. The average molecular weight is 280 g/mol. The minimum Gasteiger partial charge on any atom is -0.313 e. The molecular formula is C19H37N. The Bertz CT molecular complexity index is 265. The van der Waals surface area contributed by atoms with E-state index in [2.05, 4.69) is 33.0 Å². The van der Waals surface area contributed by atoms with Gasteiger partial charge in [0.2, 0.25) is 0 Å². The fourth-order valence-corrected chi connectivity index (χ4v) is 5.14. The zero-order chi connectivity index (χ0) is 14.5. The molecule has 0 aromatic rings. The summed E-state index contributed by atoms with van der Waals surface area (Å²) in [5.74, 6) is 4.82. The standard InChI is InChI=1S/C19H37N/c1-5-9-20-19(17-8-7-16(6-2)13-17)18-11-14(3)10-15(4)12-18/h14-20H,5-13H2,1-4H3. The van der Waals surface area contributed by atoms with Gasteiger partial charge in [-0.15, -0.1) is 0 Å². The molecule has 2 aliphatic carbocycles. The zero-order valence-electron chi connectivity index (χ0n) is 14.3. The molecular weight excluding hydrogens is 242 g/mol. The van der Waals surface area contributed by atoms with Crippen LogP contribution in [0.4, 0.5) is 0 Å². The summed E-state index contributed by atoms with van der Waals surface area (Å²) in [6.07, 6.45) is 11.5. The van der Waals surface area contributed by atoms with Gasteiger partial charge in [-0.05, 0) is 74.7 Å². The molecule has 0 radical (unpaired) electrons. The van der Waals surface area contributed by atoms with Crippen molar-refractivity contribution in [3.05, 3.63) is 0 Å². The SMILES string of the molecule is CCCNC(C1CC(C)CC(C)C1)C1CCC(CC)C1. The van der Waals surface area contributed by atoms with Crippen molar-refractivity contribution < 1.29 is 0 Å². The quantitative estimate of drug-likeness (QED) is 0.700. The van der Waals surface area contributed by atoms with Gasteiger partial charge in [0.05, 0.1) is 0 Å². The molecule has 2 saturated carbocycles. The first-order chi connectivity index (χ1) is 9.63. The van der Waals surface area contributed by atoms with Gasteiger partial charge in [-0.1, -0.05) is 40.5 Å². The smallest absolute Gasteiger partial charge is 0.0124 e. The van der Waals surface area contributed by atoms with E-state index in [0.29, 0.717) is 0 Å². The third-order valence-corrected chi connectivity index (χ3v) is 6.02. The lowest BCUT2D eigenvalue weighted by molar-refractivity contribution is 0.142. The summed E-state index contributed by atoms with van der Waals surface area (Å²) in [6, 6.07) is 0.816. The fraction of sp³-hybridized carbons (Fsp3) is 1.00. The molecule has 2 aliphatic rings. The van der Waals surface area contributed by atoms with Gasteiger partial charge in [0, 0.05) is 6.04 Å². The maximum atomic E-state index is 3.97. The van der Waals surface area contributed by atoms with Crippen LogP contribution in [-0.2, 0) is 0 Å². The predicted octanol–water partition coefficient (Wildman–Crippen LogP) is 5.25. The van der Waals surface area contributed by atoms with E-state index < -0.39 is 0 Å². The molecule has 0 amide bonds. The molecule has 2 fully saturated rings. The van der Waals surface area contributed by atoms with Crippen LogP contribution < -0.4 is 5.32 Å². The first-order valence-electron chi connectivity index (χ1n) is 9.37. The summed E-state index contributed by atoms with van der Waals surface area (Å²) >= 11 is 0. The molecule has 0 aliphatic heterocycles. The summed E-state index contributed by atoms with van der Waals surface area (Å²) in [4.78, 5) is 0. The van der Waals surface area contributed by atoms with E-state index in [1.807, 2.05) is 0 Å². The normalized spacial score (nSPS) is 39.9. The summed E-state index contributed by atoms with van der Waals surface area (Å²) in [6.45, 7) is 10.9. The first-order valence-corrected chi connectivity index (χ1v) is 9.37. The van der Waals surface area contributed by atoms with E-state index in [1.54, 1.807) is 0 Å². The van der Waals surface area contributed by atoms with Crippen LogP contribution in [0.3, 0.4) is 0 Å². The van der Waals surface area contributed by atoms with E-state index in [-0.39, 0.29) is 0 Å². The molecule has 0 saturated heterocycles. The highest BCUT2D eigenvalue weighted by atomic mass is 14.9. The maximum absolute atomic E-state index is 3.97. The molecule has 1 heteroatoms. The Kier molecular flexibility index (Phi) is 6.39. The van der Waals surface area contributed by atoms with E-state index in [4.69, 9.17) is 0 Å². The molecule has 0 aromatic heterocycles. The lowest BCUT2D eigenvalue weighted by atomic mass is 9.70. The van der Waals surface area contributed by atoms with Crippen LogP contribution >= 0.6 is 0 Å². The largest absolute Gasteiger partial charge is 0.313 e. The van der Waals surface area contributed by atoms with E-state index in [9.17, 15) is 0 Å². The van der Waals surface area contributed by atoms with Crippen molar-refractivity contribution in [2.45, 2.75) is 85.1 Å². The molecule has 1 nitrogen and oxygen atoms in total. The highest BCUT2D eigenvalue weighted by Gasteiger charge is 2.37. The first kappa shape index (κ1) is 16.3. The van der Waals surface area contributed by atoms with E-state index in [1.165, 1.54) is 57.9 Å². The van der Waals surface area contributed by atoms with Gasteiger partial charge in [0.1, 0.15) is 0 Å². The summed E-state index contributed by atoms with van der Waals surface area (Å²) in [5.41, 5.74) is 0. The molecule has 20 heavy (non-hydrogen) atoms. The fourth-order valence-electron chi connectivity index (χ4n) is 5.14. The zero-order valence-corrected chi connectivity index (χ0v) is 14.3. The van der Waals surface area contributed by atoms with Crippen LogP contribution in [0.1, 0.15) is 79.1 Å². The second-order valence-corrected chi connectivity index (χ2v) is 8.00. The maximum Gasteiger partial charge on any atom is 0.0124 e. The van der Waals surface area contributed by atoms with Crippen molar-refractivity contribution in [3.63, 3.8) is 0 Å². The molecule has 0 bridgehead atoms. The Morgan fingerprint density at radius 3 is 2.15 bits per heavy atom. The lowest BCUT2D eigenvalue weighted by Crippen LogP contribution is -2.44. The molecule has 0 spiro atoms. The van der Waals surface area contributed by atoms with E-state index >= 15 is 0 Å². The summed E-state index contributed by atoms with van der Waals surface area (Å²) < 4.78 is 0. The number of hydrogen-bond donors (Lipinski definition) is 1. The van der Waals surface area contributed by atoms with Crippen LogP contribution in [0.5, 0.6) is 0 Å². The summed E-state index contributed by atoms with van der Waals surface area (Å²) in [7, 11) is 0. The Balaban J connectivity index is 1.99. The van der Waals surface area contributed by atoms with Crippen LogP contribution in [0.2, 0.25) is 0 Å². The van der Waals surface area contributed by atoms with Crippen molar-refractivity contribution >= 4 is 0 Å². The average Bonchev–Trinajstić information content (AvgIpc) is 2.87. The Morgan fingerprint density at radius 1 is 0.900 bits per heavy atom. The van der Waals surface area contributed by atoms with Crippen molar-refractivity contribution in [2.75, 3.05) is 6.54 Å². The minimum absolute atomic E-state index is 0.816. The van der Waals surface area contributed by atoms with Gasteiger partial charge >= 0.3 is 0 Å². The molecule has 0 heterocycles. The van der Waals surface area contributed by atoms with Gasteiger partial charge in [0.25, 0.3) is 0 Å².